The van der Waals surface area contributed by atoms with E-state index >= 15 is 0 Å². The first kappa shape index (κ1) is 55.9. The second-order valence-corrected chi connectivity index (χ2v) is 21.6. The number of unbranched alkanes of at least 4 members (excludes halogenated alkanes) is 6. The fourth-order valence-electron chi connectivity index (χ4n) is 6.55. The quantitative estimate of drug-likeness (QED) is 0.0385. The van der Waals surface area contributed by atoms with Crippen LogP contribution >= 0.6 is 35.2 Å². The first-order chi connectivity index (χ1) is 29.9. The summed E-state index contributed by atoms with van der Waals surface area (Å²) in [6.45, 7) is 5.10. The number of carbonyl (C=O) groups is 3. The number of nitrogens with two attached hydrogens (primary N) is 1. The lowest BCUT2D eigenvalue weighted by Gasteiger charge is -2.30. The number of anilines is 1. The molecule has 8 unspecified atom stereocenters. The second-order valence-electron chi connectivity index (χ2n) is 16.2. The van der Waals surface area contributed by atoms with Crippen LogP contribution in [0.5, 0.6) is 0 Å². The van der Waals surface area contributed by atoms with Crippen molar-refractivity contribution in [1.29, 1.82) is 0 Å². The van der Waals surface area contributed by atoms with Crippen molar-refractivity contribution < 1.29 is 80.5 Å². The zero-order chi connectivity index (χ0) is 47.7. The van der Waals surface area contributed by atoms with Crippen molar-refractivity contribution in [3.05, 3.63) is 12.7 Å². The highest BCUT2D eigenvalue weighted by atomic mass is 32.2. The molecule has 1 saturated heterocycles. The molecule has 0 aromatic carbocycles. The molecule has 366 valence electrons. The highest BCUT2D eigenvalue weighted by Gasteiger charge is 2.50. The number of nitrogens with zero attached hydrogens (tertiary/aromatic N) is 4. The number of aromatic nitrogens is 4. The fourth-order valence-corrected chi connectivity index (χ4v) is 10.1. The Morgan fingerprint density at radius 1 is 0.938 bits per heavy atom. The van der Waals surface area contributed by atoms with Crippen LogP contribution in [0.15, 0.2) is 12.7 Å². The molecule has 24 nitrogen and oxygen atoms in total. The Kier molecular flexibility index (Phi) is 22.9. The normalized spacial score (nSPS) is 21.0. The van der Waals surface area contributed by atoms with E-state index in [9.17, 15) is 57.9 Å². The van der Waals surface area contributed by atoms with Crippen LogP contribution in [0.4, 0.5) is 5.82 Å². The number of rotatable bonds is 31. The predicted octanol–water partition coefficient (Wildman–Crippen LogP) is 3.61. The summed E-state index contributed by atoms with van der Waals surface area (Å²) in [5.74, 6) is -0.285. The van der Waals surface area contributed by atoms with E-state index in [1.54, 1.807) is 0 Å². The summed E-state index contributed by atoms with van der Waals surface area (Å²) >= 11 is 1.15. The van der Waals surface area contributed by atoms with Crippen LogP contribution in [-0.4, -0.2) is 123 Å². The van der Waals surface area contributed by atoms with E-state index in [1.165, 1.54) is 58.8 Å². The Morgan fingerprint density at radius 2 is 1.59 bits per heavy atom. The zero-order valence-electron chi connectivity index (χ0n) is 36.4. The Bertz CT molecular complexity index is 1960. The number of aliphatic hydroxyl groups excluding tert-OH is 2. The smallest absolute Gasteiger partial charge is 0.386 e. The summed E-state index contributed by atoms with van der Waals surface area (Å²) in [4.78, 5) is 88.3. The van der Waals surface area contributed by atoms with Gasteiger partial charge in [0, 0.05) is 37.1 Å². The van der Waals surface area contributed by atoms with Crippen molar-refractivity contribution in [3.8, 4) is 0 Å². The van der Waals surface area contributed by atoms with Gasteiger partial charge in [-0.15, -0.1) is 0 Å². The topological polar surface area (TPSA) is 364 Å². The van der Waals surface area contributed by atoms with Crippen LogP contribution < -0.4 is 16.4 Å². The number of hydrogen-bond acceptors (Lipinski definition) is 18. The van der Waals surface area contributed by atoms with Gasteiger partial charge in [-0.2, -0.15) is 4.31 Å². The van der Waals surface area contributed by atoms with E-state index < -0.39 is 84.6 Å². The van der Waals surface area contributed by atoms with Gasteiger partial charge in [0.2, 0.25) is 11.8 Å². The summed E-state index contributed by atoms with van der Waals surface area (Å²) in [5, 5.41) is 26.6. The minimum atomic E-state index is -5.57. The fraction of sp³-hybridized carbons (Fsp3) is 0.778. The zero-order valence-corrected chi connectivity index (χ0v) is 39.9. The van der Waals surface area contributed by atoms with Gasteiger partial charge < -0.3 is 50.9 Å². The number of fused-ring (bicyclic) bond motifs is 1. The van der Waals surface area contributed by atoms with Gasteiger partial charge in [0.1, 0.15) is 36.3 Å². The number of imidazole rings is 1. The minimum Gasteiger partial charge on any atom is -0.386 e. The Balaban J connectivity index is 1.35. The molecule has 0 aliphatic carbocycles. The summed E-state index contributed by atoms with van der Waals surface area (Å²) in [7, 11) is -16.4. The number of ether oxygens (including phenoxy) is 1. The number of carbonyl (C=O) groups excluding carboxylic acids is 3. The van der Waals surface area contributed by atoms with Gasteiger partial charge in [-0.25, -0.2) is 28.6 Å². The second kappa shape index (κ2) is 26.2. The average Bonchev–Trinajstić information content (AvgIpc) is 3.77. The molecule has 0 saturated carbocycles. The van der Waals surface area contributed by atoms with Crippen molar-refractivity contribution in [2.24, 2.45) is 11.3 Å². The van der Waals surface area contributed by atoms with Crippen LogP contribution in [0.3, 0.4) is 0 Å². The van der Waals surface area contributed by atoms with Gasteiger partial charge >= 0.3 is 23.5 Å². The molecule has 2 aromatic rings. The number of amides is 2. The summed E-state index contributed by atoms with van der Waals surface area (Å²) < 4.78 is 62.4. The van der Waals surface area contributed by atoms with Gasteiger partial charge in [0.05, 0.1) is 19.5 Å². The molecule has 1 aliphatic rings. The number of thioether (sulfide) groups is 1. The van der Waals surface area contributed by atoms with Gasteiger partial charge in [-0.05, 0) is 12.3 Å². The van der Waals surface area contributed by atoms with Gasteiger partial charge in [0.25, 0.3) is 0 Å². The van der Waals surface area contributed by atoms with Crippen LogP contribution in [0.1, 0.15) is 111 Å². The molecule has 2 aromatic heterocycles. The highest BCUT2D eigenvalue weighted by Crippen LogP contribution is 2.61. The van der Waals surface area contributed by atoms with E-state index in [-0.39, 0.29) is 41.6 Å². The summed E-state index contributed by atoms with van der Waals surface area (Å²) in [6.07, 6.45) is 5.37. The Morgan fingerprint density at radius 3 is 2.27 bits per heavy atom. The Labute approximate surface area is 376 Å². The number of nitrogens with one attached hydrogen (secondary N) is 2. The van der Waals surface area contributed by atoms with E-state index in [1.807, 2.05) is 0 Å². The molecule has 1 aliphatic heterocycles. The maximum atomic E-state index is 12.7. The standard InChI is InChI=1S/C36H64N7O17P3S/c1-5-6-7-10-13-24(2)14-11-8-9-12-15-27(45)64-19-18-38-26(44)16-17-39-34(48)31(47)36(3,4)21-57-63(54,55)60-62(52,53)56-20-25-30(59-61(49,50)51)29(46)35(58-25)43-23-42-28-32(37)40-22-41-33(28)43/h22-25,29-31,35,46-47H,5-21H2,1-4H3,(H,38,44)(H,39,48)(H,52,53)(H,54,55)(H2,37,40,41)(H2,49,50,51). The van der Waals surface area contributed by atoms with E-state index in [2.05, 4.69) is 48.3 Å². The van der Waals surface area contributed by atoms with E-state index in [0.717, 1.165) is 54.2 Å². The molecular weight excluding hydrogens is 927 g/mol. The van der Waals surface area contributed by atoms with E-state index in [0.29, 0.717) is 12.2 Å². The molecule has 0 spiro atoms. The molecule has 3 heterocycles. The lowest BCUT2D eigenvalue weighted by Crippen LogP contribution is -2.46. The maximum Gasteiger partial charge on any atom is 0.481 e. The van der Waals surface area contributed by atoms with Crippen LogP contribution in [-0.2, 0) is 50.7 Å². The number of nitrogen functional groups attached to an aromatic ring is 1. The molecule has 0 bridgehead atoms. The van der Waals surface area contributed by atoms with Crippen molar-refractivity contribution in [2.75, 3.05) is 37.8 Å². The molecule has 8 atom stereocenters. The Hall–Kier alpha value is -2.44. The number of hydrogen-bond donors (Lipinski definition) is 9. The molecule has 0 radical (unpaired) electrons. The molecule has 3 rings (SSSR count). The van der Waals surface area contributed by atoms with Crippen LogP contribution in [0, 0.1) is 11.3 Å². The number of phosphoric ester groups is 3. The molecular formula is C36H64N7O17P3S. The highest BCUT2D eigenvalue weighted by molar-refractivity contribution is 8.13. The van der Waals surface area contributed by atoms with Gasteiger partial charge in [-0.1, -0.05) is 97.2 Å². The first-order valence-corrected chi connectivity index (χ1v) is 26.5. The average molecular weight is 992 g/mol. The van der Waals surface area contributed by atoms with Crippen molar-refractivity contribution in [3.63, 3.8) is 0 Å². The third-order valence-corrected chi connectivity index (χ3v) is 14.2. The lowest BCUT2D eigenvalue weighted by molar-refractivity contribution is -0.137. The summed E-state index contributed by atoms with van der Waals surface area (Å²) in [6, 6.07) is 0. The van der Waals surface area contributed by atoms with Crippen molar-refractivity contribution in [2.45, 2.75) is 135 Å². The monoisotopic (exact) mass is 991 g/mol. The third kappa shape index (κ3) is 19.4. The molecule has 64 heavy (non-hydrogen) atoms. The molecule has 2 amide bonds. The van der Waals surface area contributed by atoms with E-state index in [4.69, 9.17) is 19.5 Å². The largest absolute Gasteiger partial charge is 0.481 e. The predicted molar refractivity (Wildman–Crippen MR) is 233 cm³/mol. The first-order valence-electron chi connectivity index (χ1n) is 21.0. The van der Waals surface area contributed by atoms with Crippen LogP contribution in [0.2, 0.25) is 0 Å². The van der Waals surface area contributed by atoms with Gasteiger partial charge in [-0.3, -0.25) is 32.5 Å². The lowest BCUT2D eigenvalue weighted by atomic mass is 9.87. The van der Waals surface area contributed by atoms with Gasteiger partial charge in [0.15, 0.2) is 22.8 Å². The SMILES string of the molecule is CCCCCCC(C)CCCCCCC(=O)SCCNC(=O)CCNC(=O)C(O)C(C)(C)COP(=O)(O)OP(=O)(O)OCC1OC(n2cnc3c(N)ncnc32)C(O)C1OP(=O)(O)O. The number of phosphoric acid groups is 3. The maximum absolute atomic E-state index is 12.7. The third-order valence-electron chi connectivity index (χ3n) is 10.1. The molecule has 28 heteroatoms. The molecule has 10 N–H and O–H groups in total. The van der Waals surface area contributed by atoms with Crippen molar-refractivity contribution in [1.82, 2.24) is 30.2 Å². The number of aliphatic hydroxyl groups is 2. The van der Waals surface area contributed by atoms with Crippen LogP contribution in [0.25, 0.3) is 11.2 Å². The summed E-state index contributed by atoms with van der Waals surface area (Å²) in [5.41, 5.74) is 4.29. The van der Waals surface area contributed by atoms with Crippen molar-refractivity contribution >= 4 is 69.1 Å². The molecule has 1 fully saturated rings. The minimum absolute atomic E-state index is 0.0334.